The molecule has 0 saturated heterocycles. The molecule has 0 N–H and O–H groups in total. The highest BCUT2D eigenvalue weighted by molar-refractivity contribution is 6.00. The molecule has 0 unspecified atom stereocenters. The molecule has 2 heteroatoms. The molecule has 0 saturated carbocycles. The van der Waals surface area contributed by atoms with Crippen LogP contribution in [0.4, 0.5) is 0 Å². The van der Waals surface area contributed by atoms with E-state index in [1.807, 2.05) is 18.7 Å². The molecule has 1 aliphatic rings. The maximum Gasteiger partial charge on any atom is 0.254 e. The lowest BCUT2D eigenvalue weighted by molar-refractivity contribution is -0.126. The first-order chi connectivity index (χ1) is 6.11. The van der Waals surface area contributed by atoms with Gasteiger partial charge in [-0.3, -0.25) is 4.79 Å². The lowest BCUT2D eigenvalue weighted by atomic mass is 10.1. The number of hydrogen-bond acceptors (Lipinski definition) is 1. The second-order valence-corrected chi connectivity index (χ2v) is 3.37. The maximum atomic E-state index is 11.7. The van der Waals surface area contributed by atoms with E-state index in [1.165, 1.54) is 0 Å². The van der Waals surface area contributed by atoms with Gasteiger partial charge in [-0.15, -0.1) is 0 Å². The molecule has 0 radical (unpaired) electrons. The van der Waals surface area contributed by atoms with Gasteiger partial charge in [0.2, 0.25) is 0 Å². The van der Waals surface area contributed by atoms with Crippen molar-refractivity contribution in [3.63, 3.8) is 0 Å². The molecule has 0 bridgehead atoms. The standard InChI is InChI=1S/C11H15NO/c1-5-9-7-12(8(3)4)11(13)10(9)6-2/h5-6,8H,1-2,7H2,3-4H3. The molecule has 1 heterocycles. The van der Waals surface area contributed by atoms with Gasteiger partial charge in [-0.05, 0) is 19.4 Å². The third-order valence-corrected chi connectivity index (χ3v) is 2.25. The van der Waals surface area contributed by atoms with Crippen LogP contribution in [-0.4, -0.2) is 23.4 Å². The molecule has 13 heavy (non-hydrogen) atoms. The normalized spacial score (nSPS) is 17.2. The zero-order valence-electron chi connectivity index (χ0n) is 8.21. The number of hydrogen-bond donors (Lipinski definition) is 0. The SMILES string of the molecule is C=CC1=C(C=C)C(=O)N(C(C)C)C1. The fourth-order valence-corrected chi connectivity index (χ4v) is 1.44. The molecule has 0 spiro atoms. The number of nitrogens with zero attached hydrogens (tertiary/aromatic N) is 1. The minimum absolute atomic E-state index is 0.0694. The van der Waals surface area contributed by atoms with Crippen molar-refractivity contribution in [3.05, 3.63) is 36.5 Å². The average molecular weight is 177 g/mol. The van der Waals surface area contributed by atoms with E-state index in [2.05, 4.69) is 13.2 Å². The molecule has 1 amide bonds. The zero-order chi connectivity index (χ0) is 10.0. The van der Waals surface area contributed by atoms with E-state index >= 15 is 0 Å². The lowest BCUT2D eigenvalue weighted by Crippen LogP contribution is -2.33. The Morgan fingerprint density at radius 2 is 2.00 bits per heavy atom. The summed E-state index contributed by atoms with van der Waals surface area (Å²) in [7, 11) is 0. The van der Waals surface area contributed by atoms with Gasteiger partial charge in [0.05, 0.1) is 0 Å². The van der Waals surface area contributed by atoms with Gasteiger partial charge in [-0.1, -0.05) is 25.3 Å². The predicted molar refractivity (Wildman–Crippen MR) is 54.3 cm³/mol. The summed E-state index contributed by atoms with van der Waals surface area (Å²) in [4.78, 5) is 13.5. The molecule has 0 atom stereocenters. The Kier molecular flexibility index (Phi) is 2.71. The molecule has 1 aliphatic heterocycles. The van der Waals surface area contributed by atoms with Crippen LogP contribution in [0.3, 0.4) is 0 Å². The number of amides is 1. The van der Waals surface area contributed by atoms with Gasteiger partial charge in [0.1, 0.15) is 0 Å². The highest BCUT2D eigenvalue weighted by atomic mass is 16.2. The summed E-state index contributed by atoms with van der Waals surface area (Å²) in [6.07, 6.45) is 3.35. The van der Waals surface area contributed by atoms with Crippen molar-refractivity contribution in [2.45, 2.75) is 19.9 Å². The summed E-state index contributed by atoms with van der Waals surface area (Å²) in [5, 5.41) is 0. The van der Waals surface area contributed by atoms with Crippen LogP contribution in [0.25, 0.3) is 0 Å². The first-order valence-electron chi connectivity index (χ1n) is 4.40. The predicted octanol–water partition coefficient (Wildman–Crippen LogP) is 1.91. The highest BCUT2D eigenvalue weighted by Crippen LogP contribution is 2.22. The molecule has 0 aliphatic carbocycles. The van der Waals surface area contributed by atoms with Crippen molar-refractivity contribution in [3.8, 4) is 0 Å². The fraction of sp³-hybridized carbons (Fsp3) is 0.364. The second-order valence-electron chi connectivity index (χ2n) is 3.37. The number of carbonyl (C=O) groups is 1. The fourth-order valence-electron chi connectivity index (χ4n) is 1.44. The zero-order valence-corrected chi connectivity index (χ0v) is 8.21. The Labute approximate surface area is 79.2 Å². The largest absolute Gasteiger partial charge is 0.332 e. The van der Waals surface area contributed by atoms with Crippen LogP contribution in [0.15, 0.2) is 36.5 Å². The van der Waals surface area contributed by atoms with E-state index in [9.17, 15) is 4.79 Å². The highest BCUT2D eigenvalue weighted by Gasteiger charge is 2.28. The molecule has 0 fully saturated rings. The number of rotatable bonds is 3. The van der Waals surface area contributed by atoms with Gasteiger partial charge in [0.15, 0.2) is 0 Å². The van der Waals surface area contributed by atoms with Crippen LogP contribution in [0, 0.1) is 0 Å². The van der Waals surface area contributed by atoms with Crippen LogP contribution in [0.2, 0.25) is 0 Å². The van der Waals surface area contributed by atoms with Crippen molar-refractivity contribution in [1.29, 1.82) is 0 Å². The van der Waals surface area contributed by atoms with E-state index in [-0.39, 0.29) is 11.9 Å². The van der Waals surface area contributed by atoms with Crippen molar-refractivity contribution in [2.24, 2.45) is 0 Å². The summed E-state index contributed by atoms with van der Waals surface area (Å²) in [6.45, 7) is 12.0. The minimum atomic E-state index is 0.0694. The van der Waals surface area contributed by atoms with E-state index < -0.39 is 0 Å². The van der Waals surface area contributed by atoms with Crippen LogP contribution >= 0.6 is 0 Å². The third-order valence-electron chi connectivity index (χ3n) is 2.25. The smallest absolute Gasteiger partial charge is 0.254 e. The first kappa shape index (κ1) is 9.78. The van der Waals surface area contributed by atoms with Crippen LogP contribution in [0.1, 0.15) is 13.8 Å². The topological polar surface area (TPSA) is 20.3 Å². The van der Waals surface area contributed by atoms with E-state index in [0.717, 1.165) is 5.57 Å². The molecule has 70 valence electrons. The summed E-state index contributed by atoms with van der Waals surface area (Å²) in [6, 6.07) is 0.236. The quantitative estimate of drug-likeness (QED) is 0.644. The first-order valence-corrected chi connectivity index (χ1v) is 4.40. The average Bonchev–Trinajstić information content (AvgIpc) is 2.41. The Hall–Kier alpha value is -1.31. The van der Waals surface area contributed by atoms with Crippen LogP contribution < -0.4 is 0 Å². The van der Waals surface area contributed by atoms with Crippen LogP contribution in [-0.2, 0) is 4.79 Å². The van der Waals surface area contributed by atoms with E-state index in [1.54, 1.807) is 12.2 Å². The molecule has 0 aromatic carbocycles. The van der Waals surface area contributed by atoms with Crippen molar-refractivity contribution in [2.75, 3.05) is 6.54 Å². The van der Waals surface area contributed by atoms with Gasteiger partial charge in [-0.25, -0.2) is 0 Å². The lowest BCUT2D eigenvalue weighted by Gasteiger charge is -2.20. The Morgan fingerprint density at radius 1 is 1.38 bits per heavy atom. The second kappa shape index (κ2) is 3.60. The Bertz CT molecular complexity index is 286. The van der Waals surface area contributed by atoms with Gasteiger partial charge in [-0.2, -0.15) is 0 Å². The molecular weight excluding hydrogens is 162 g/mol. The summed E-state index contributed by atoms with van der Waals surface area (Å²) in [5.41, 5.74) is 1.68. The number of carbonyl (C=O) groups excluding carboxylic acids is 1. The Morgan fingerprint density at radius 3 is 2.31 bits per heavy atom. The summed E-state index contributed by atoms with van der Waals surface area (Å²) in [5.74, 6) is 0.0694. The van der Waals surface area contributed by atoms with Gasteiger partial charge < -0.3 is 4.90 Å². The van der Waals surface area contributed by atoms with Gasteiger partial charge in [0, 0.05) is 18.2 Å². The molecule has 1 rings (SSSR count). The van der Waals surface area contributed by atoms with E-state index in [4.69, 9.17) is 0 Å². The third kappa shape index (κ3) is 1.57. The van der Waals surface area contributed by atoms with Crippen molar-refractivity contribution in [1.82, 2.24) is 4.90 Å². The monoisotopic (exact) mass is 177 g/mol. The van der Waals surface area contributed by atoms with Gasteiger partial charge in [0.25, 0.3) is 5.91 Å². The van der Waals surface area contributed by atoms with Crippen molar-refractivity contribution >= 4 is 5.91 Å². The molecular formula is C11H15NO. The van der Waals surface area contributed by atoms with Gasteiger partial charge >= 0.3 is 0 Å². The Balaban J connectivity index is 2.97. The molecule has 2 nitrogen and oxygen atoms in total. The van der Waals surface area contributed by atoms with Crippen LogP contribution in [0.5, 0.6) is 0 Å². The summed E-state index contributed by atoms with van der Waals surface area (Å²) < 4.78 is 0. The minimum Gasteiger partial charge on any atom is -0.332 e. The maximum absolute atomic E-state index is 11.7. The summed E-state index contributed by atoms with van der Waals surface area (Å²) >= 11 is 0. The van der Waals surface area contributed by atoms with E-state index in [0.29, 0.717) is 12.1 Å². The molecule has 0 aromatic heterocycles. The van der Waals surface area contributed by atoms with Crippen molar-refractivity contribution < 1.29 is 4.79 Å². The molecule has 0 aromatic rings.